The van der Waals surface area contributed by atoms with Gasteiger partial charge >= 0.3 is 0 Å². The van der Waals surface area contributed by atoms with Crippen molar-refractivity contribution >= 4 is 22.6 Å². The lowest BCUT2D eigenvalue weighted by Crippen LogP contribution is -2.25. The van der Waals surface area contributed by atoms with Crippen molar-refractivity contribution in [2.24, 2.45) is 0 Å². The monoisotopic (exact) mass is 429 g/mol. The zero-order valence-electron chi connectivity index (χ0n) is 17.9. The van der Waals surface area contributed by atoms with Gasteiger partial charge in [0, 0.05) is 18.9 Å². The standard InChI is InChI=1S/C26H24FN3O2/c1-18-7-6-8-20(15-18)32-14-13-29-24-12-5-3-10-22(24)28-26(29)19-16-25(31)30(17-19)23-11-4-2-9-21(23)27/h2-12,15,19H,13-14,16-17H2,1H3/t19-/m0/s1. The number of ether oxygens (including phenoxy) is 1. The zero-order chi connectivity index (χ0) is 22.1. The first-order valence-corrected chi connectivity index (χ1v) is 10.8. The molecule has 1 aliphatic heterocycles. The van der Waals surface area contributed by atoms with Gasteiger partial charge in [-0.15, -0.1) is 0 Å². The molecule has 0 saturated carbocycles. The van der Waals surface area contributed by atoms with Crippen LogP contribution in [0.4, 0.5) is 10.1 Å². The van der Waals surface area contributed by atoms with Gasteiger partial charge in [-0.05, 0) is 48.9 Å². The molecule has 1 atom stereocenters. The van der Waals surface area contributed by atoms with Crippen LogP contribution >= 0.6 is 0 Å². The largest absolute Gasteiger partial charge is 0.492 e. The minimum Gasteiger partial charge on any atom is -0.492 e. The van der Waals surface area contributed by atoms with Gasteiger partial charge < -0.3 is 14.2 Å². The lowest BCUT2D eigenvalue weighted by molar-refractivity contribution is -0.117. The third-order valence-electron chi connectivity index (χ3n) is 5.89. The molecule has 1 amide bonds. The highest BCUT2D eigenvalue weighted by molar-refractivity contribution is 5.96. The van der Waals surface area contributed by atoms with E-state index in [0.717, 1.165) is 28.2 Å². The molecule has 4 aromatic rings. The van der Waals surface area contributed by atoms with Crippen molar-refractivity contribution < 1.29 is 13.9 Å². The molecule has 1 saturated heterocycles. The lowest BCUT2D eigenvalue weighted by atomic mass is 10.1. The van der Waals surface area contributed by atoms with E-state index in [2.05, 4.69) is 4.57 Å². The van der Waals surface area contributed by atoms with E-state index in [-0.39, 0.29) is 17.6 Å². The number of hydrogen-bond acceptors (Lipinski definition) is 3. The van der Waals surface area contributed by atoms with Gasteiger partial charge in [-0.1, -0.05) is 36.4 Å². The number of para-hydroxylation sites is 3. The van der Waals surface area contributed by atoms with Crippen LogP contribution in [0.1, 0.15) is 23.7 Å². The number of halogens is 1. The smallest absolute Gasteiger partial charge is 0.227 e. The van der Waals surface area contributed by atoms with Crippen LogP contribution in [0.15, 0.2) is 72.8 Å². The van der Waals surface area contributed by atoms with Gasteiger partial charge in [-0.25, -0.2) is 9.37 Å². The van der Waals surface area contributed by atoms with Gasteiger partial charge in [-0.3, -0.25) is 4.79 Å². The summed E-state index contributed by atoms with van der Waals surface area (Å²) in [4.78, 5) is 19.2. The summed E-state index contributed by atoms with van der Waals surface area (Å²) in [7, 11) is 0. The summed E-state index contributed by atoms with van der Waals surface area (Å²) in [6.07, 6.45) is 0.302. The Morgan fingerprint density at radius 1 is 1.06 bits per heavy atom. The van der Waals surface area contributed by atoms with Crippen LogP contribution in [0.2, 0.25) is 0 Å². The molecule has 2 heterocycles. The van der Waals surface area contributed by atoms with Crippen LogP contribution in [0.3, 0.4) is 0 Å². The molecule has 162 valence electrons. The van der Waals surface area contributed by atoms with Crippen molar-refractivity contribution in [3.8, 4) is 5.75 Å². The summed E-state index contributed by atoms with van der Waals surface area (Å²) in [6.45, 7) is 3.53. The second-order valence-corrected chi connectivity index (χ2v) is 8.13. The highest BCUT2D eigenvalue weighted by atomic mass is 19.1. The normalized spacial score (nSPS) is 16.1. The summed E-state index contributed by atoms with van der Waals surface area (Å²) in [5, 5.41) is 0. The molecule has 6 heteroatoms. The third kappa shape index (κ3) is 3.84. The molecule has 0 spiro atoms. The minimum absolute atomic E-state index is 0.0882. The van der Waals surface area contributed by atoms with E-state index in [1.807, 2.05) is 55.5 Å². The maximum absolute atomic E-state index is 14.3. The Balaban J connectivity index is 1.41. The maximum Gasteiger partial charge on any atom is 0.227 e. The SMILES string of the molecule is Cc1cccc(OCCn2c([C@H]3CC(=O)N(c4ccccc4F)C3)nc3ccccc32)c1. The van der Waals surface area contributed by atoms with Crippen molar-refractivity contribution in [1.29, 1.82) is 0 Å². The number of aromatic nitrogens is 2. The fourth-order valence-electron chi connectivity index (χ4n) is 4.38. The van der Waals surface area contributed by atoms with Crippen LogP contribution in [0.5, 0.6) is 5.75 Å². The molecule has 0 N–H and O–H groups in total. The van der Waals surface area contributed by atoms with Crippen LogP contribution < -0.4 is 9.64 Å². The van der Waals surface area contributed by atoms with Gasteiger partial charge in [0.15, 0.2) is 0 Å². The number of imidazole rings is 1. The summed E-state index contributed by atoms with van der Waals surface area (Å²) in [5.74, 6) is 1.08. The number of fused-ring (bicyclic) bond motifs is 1. The van der Waals surface area contributed by atoms with E-state index in [4.69, 9.17) is 9.72 Å². The number of nitrogens with zero attached hydrogens (tertiary/aromatic N) is 3. The minimum atomic E-state index is -0.387. The van der Waals surface area contributed by atoms with Crippen molar-refractivity contribution in [2.45, 2.75) is 25.8 Å². The molecule has 0 bridgehead atoms. The zero-order valence-corrected chi connectivity index (χ0v) is 17.9. The first kappa shape index (κ1) is 20.2. The van der Waals surface area contributed by atoms with Crippen molar-refractivity contribution in [3.63, 3.8) is 0 Å². The maximum atomic E-state index is 14.3. The Morgan fingerprint density at radius 2 is 1.88 bits per heavy atom. The second kappa shape index (κ2) is 8.46. The summed E-state index contributed by atoms with van der Waals surface area (Å²) < 4.78 is 22.4. The molecule has 5 rings (SSSR count). The Morgan fingerprint density at radius 3 is 2.72 bits per heavy atom. The quantitative estimate of drug-likeness (QED) is 0.429. The van der Waals surface area contributed by atoms with Crippen LogP contribution in [-0.4, -0.2) is 28.6 Å². The first-order valence-electron chi connectivity index (χ1n) is 10.8. The number of aryl methyl sites for hydroxylation is 1. The van der Waals surface area contributed by atoms with Crippen molar-refractivity contribution in [2.75, 3.05) is 18.1 Å². The van der Waals surface area contributed by atoms with E-state index < -0.39 is 0 Å². The van der Waals surface area contributed by atoms with Crippen molar-refractivity contribution in [3.05, 3.63) is 90.0 Å². The molecule has 1 fully saturated rings. The number of hydrogen-bond donors (Lipinski definition) is 0. The van der Waals surface area contributed by atoms with E-state index in [1.165, 1.54) is 11.0 Å². The molecular formula is C26H24FN3O2. The Kier molecular flexibility index (Phi) is 5.35. The number of amides is 1. The average Bonchev–Trinajstić information content (AvgIpc) is 3.35. The summed E-state index contributed by atoms with van der Waals surface area (Å²) in [5.41, 5.74) is 3.36. The Hall–Kier alpha value is -3.67. The molecule has 0 radical (unpaired) electrons. The van der Waals surface area contributed by atoms with Gasteiger partial charge in [0.25, 0.3) is 0 Å². The van der Waals surface area contributed by atoms with Gasteiger partial charge in [0.1, 0.15) is 24.0 Å². The fourth-order valence-corrected chi connectivity index (χ4v) is 4.38. The second-order valence-electron chi connectivity index (χ2n) is 8.13. The molecule has 1 aliphatic rings. The van der Waals surface area contributed by atoms with E-state index in [9.17, 15) is 9.18 Å². The first-order chi connectivity index (χ1) is 15.6. The number of carbonyl (C=O) groups excluding carboxylic acids is 1. The number of benzene rings is 3. The van der Waals surface area contributed by atoms with Gasteiger partial charge in [0.05, 0.1) is 23.3 Å². The predicted octanol–water partition coefficient (Wildman–Crippen LogP) is 5.08. The number of carbonyl (C=O) groups is 1. The topological polar surface area (TPSA) is 47.4 Å². The Labute approximate surface area is 186 Å². The predicted molar refractivity (Wildman–Crippen MR) is 123 cm³/mol. The van der Waals surface area contributed by atoms with Crippen LogP contribution in [0.25, 0.3) is 11.0 Å². The highest BCUT2D eigenvalue weighted by Gasteiger charge is 2.35. The number of anilines is 1. The van der Waals surface area contributed by atoms with Crippen LogP contribution in [0, 0.1) is 12.7 Å². The van der Waals surface area contributed by atoms with E-state index >= 15 is 0 Å². The highest BCUT2D eigenvalue weighted by Crippen LogP contribution is 2.34. The molecular weight excluding hydrogens is 405 g/mol. The molecule has 3 aromatic carbocycles. The van der Waals surface area contributed by atoms with Gasteiger partial charge in [0.2, 0.25) is 5.91 Å². The molecule has 0 unspecified atom stereocenters. The van der Waals surface area contributed by atoms with Crippen molar-refractivity contribution in [1.82, 2.24) is 9.55 Å². The van der Waals surface area contributed by atoms with E-state index in [0.29, 0.717) is 31.8 Å². The average molecular weight is 429 g/mol. The van der Waals surface area contributed by atoms with Gasteiger partial charge in [-0.2, -0.15) is 0 Å². The van der Waals surface area contributed by atoms with E-state index in [1.54, 1.807) is 18.2 Å². The Bertz CT molecular complexity index is 1280. The molecule has 1 aromatic heterocycles. The number of rotatable bonds is 6. The lowest BCUT2D eigenvalue weighted by Gasteiger charge is -2.18. The molecule has 0 aliphatic carbocycles. The summed E-state index contributed by atoms with van der Waals surface area (Å²) >= 11 is 0. The molecule has 5 nitrogen and oxygen atoms in total. The van der Waals surface area contributed by atoms with Crippen LogP contribution in [-0.2, 0) is 11.3 Å². The molecule has 32 heavy (non-hydrogen) atoms. The summed E-state index contributed by atoms with van der Waals surface area (Å²) in [6, 6.07) is 22.3. The third-order valence-corrected chi connectivity index (χ3v) is 5.89. The fraction of sp³-hybridized carbons (Fsp3) is 0.231.